The van der Waals surface area contributed by atoms with Gasteiger partial charge >= 0.3 is 11.8 Å². The molecule has 5 atom stereocenters. The van der Waals surface area contributed by atoms with Crippen LogP contribution < -0.4 is 32.3 Å². The minimum Gasteiger partial charge on any atom is -0.449 e. The van der Waals surface area contributed by atoms with Gasteiger partial charge in [-0.1, -0.05) is 72.8 Å². The zero-order chi connectivity index (χ0) is 46.2. The van der Waals surface area contributed by atoms with Gasteiger partial charge in [-0.25, -0.2) is 9.59 Å². The van der Waals surface area contributed by atoms with E-state index in [1.54, 1.807) is 7.05 Å². The number of alkyl carbamates (subject to hydrolysis) is 1. The number of primary amides is 1. The Labute approximate surface area is 380 Å². The van der Waals surface area contributed by atoms with Crippen molar-refractivity contribution in [3.8, 4) is 11.1 Å². The normalized spacial score (nSPS) is 19.6. The van der Waals surface area contributed by atoms with E-state index in [-0.39, 0.29) is 56.2 Å². The summed E-state index contributed by atoms with van der Waals surface area (Å²) in [6.07, 6.45) is 1.64. The lowest BCUT2D eigenvalue weighted by atomic mass is 9.98. The number of para-hydroxylation sites is 1. The van der Waals surface area contributed by atoms with Crippen LogP contribution in [0, 0.1) is 0 Å². The predicted molar refractivity (Wildman–Crippen MR) is 244 cm³/mol. The third-order valence-corrected chi connectivity index (χ3v) is 13.6. The van der Waals surface area contributed by atoms with Gasteiger partial charge in [-0.3, -0.25) is 43.3 Å². The second kappa shape index (κ2) is 18.4. The maximum absolute atomic E-state index is 14.5. The van der Waals surface area contributed by atoms with Gasteiger partial charge in [0.25, 0.3) is 0 Å². The Hall–Kier alpha value is -7.07. The van der Waals surface area contributed by atoms with Crippen molar-refractivity contribution in [2.45, 2.75) is 101 Å². The van der Waals surface area contributed by atoms with Crippen molar-refractivity contribution < 1.29 is 38.2 Å². The van der Waals surface area contributed by atoms with E-state index in [2.05, 4.69) is 28.1 Å². The van der Waals surface area contributed by atoms with Crippen LogP contribution in [0.3, 0.4) is 0 Å². The van der Waals surface area contributed by atoms with Crippen LogP contribution in [0.25, 0.3) is 22.2 Å². The van der Waals surface area contributed by atoms with Crippen LogP contribution in [-0.2, 0) is 59.8 Å². The fourth-order valence-electron chi connectivity index (χ4n) is 10.2. The Bertz CT molecular complexity index is 2790. The topological polar surface area (TPSA) is 213 Å². The molecule has 5 N–H and O–H groups in total. The van der Waals surface area contributed by atoms with Gasteiger partial charge in [0, 0.05) is 38.8 Å². The summed E-state index contributed by atoms with van der Waals surface area (Å²) >= 11 is 0. The molecule has 1 fully saturated rings. The van der Waals surface area contributed by atoms with Crippen LogP contribution in [0.1, 0.15) is 85.2 Å². The molecule has 1 aliphatic carbocycles. The average molecular weight is 896 g/mol. The monoisotopic (exact) mass is 895 g/mol. The number of nitrogens with zero attached hydrogens (tertiary/aromatic N) is 3. The zero-order valence-electron chi connectivity index (χ0n) is 36.9. The highest BCUT2D eigenvalue weighted by atomic mass is 16.5. The largest absolute Gasteiger partial charge is 0.449 e. The first-order chi connectivity index (χ1) is 31.9. The number of aryl methyl sites for hydroxylation is 3. The van der Waals surface area contributed by atoms with E-state index in [4.69, 9.17) is 15.2 Å². The number of nitrogens with two attached hydrogens (primary N) is 1. The molecule has 4 aromatic carbocycles. The first kappa shape index (κ1) is 44.1. The summed E-state index contributed by atoms with van der Waals surface area (Å²) in [6.45, 7) is 2.22. The molecular formula is C50H53N7O9. The number of imide groups is 1. The average Bonchev–Trinajstić information content (AvgIpc) is 3.91. The number of benzene rings is 4. The molecule has 4 aliphatic rings. The molecule has 66 heavy (non-hydrogen) atoms. The van der Waals surface area contributed by atoms with E-state index in [1.807, 2.05) is 79.7 Å². The van der Waals surface area contributed by atoms with Gasteiger partial charge in [0.1, 0.15) is 24.7 Å². The lowest BCUT2D eigenvalue weighted by molar-refractivity contribution is -0.135. The Balaban J connectivity index is 0.837. The zero-order valence-corrected chi connectivity index (χ0v) is 36.9. The Morgan fingerprint density at radius 3 is 2.33 bits per heavy atom. The molecule has 4 heterocycles. The summed E-state index contributed by atoms with van der Waals surface area (Å²) < 4.78 is 15.0. The van der Waals surface area contributed by atoms with Gasteiger partial charge < -0.3 is 25.8 Å². The summed E-state index contributed by atoms with van der Waals surface area (Å²) in [7, 11) is 1.65. The number of imidazole rings is 1. The third kappa shape index (κ3) is 8.48. The van der Waals surface area contributed by atoms with Crippen molar-refractivity contribution in [2.24, 2.45) is 12.8 Å². The van der Waals surface area contributed by atoms with Crippen molar-refractivity contribution in [2.75, 3.05) is 18.1 Å². The summed E-state index contributed by atoms with van der Waals surface area (Å²) in [4.78, 5) is 93.4. The number of piperidine rings is 1. The maximum Gasteiger partial charge on any atom is 0.407 e. The highest BCUT2D eigenvalue weighted by Crippen LogP contribution is 2.45. The predicted octanol–water partition coefficient (Wildman–Crippen LogP) is 4.22. The molecule has 1 unspecified atom stereocenters. The first-order valence-corrected chi connectivity index (χ1v) is 22.7. The van der Waals surface area contributed by atoms with E-state index in [0.29, 0.717) is 49.0 Å². The smallest absolute Gasteiger partial charge is 0.407 e. The molecule has 9 rings (SSSR count). The maximum atomic E-state index is 14.5. The number of fused-ring (bicyclic) bond motifs is 4. The van der Waals surface area contributed by atoms with Gasteiger partial charge in [-0.05, 0) is 96.5 Å². The van der Waals surface area contributed by atoms with Gasteiger partial charge in [-0.15, -0.1) is 0 Å². The molecule has 0 saturated carbocycles. The van der Waals surface area contributed by atoms with Gasteiger partial charge in [0.2, 0.25) is 29.5 Å². The Morgan fingerprint density at radius 1 is 0.879 bits per heavy atom. The molecule has 0 spiro atoms. The third-order valence-electron chi connectivity index (χ3n) is 13.6. The van der Waals surface area contributed by atoms with Crippen molar-refractivity contribution in [1.29, 1.82) is 0 Å². The number of carbonyl (C=O) groups is 6. The number of amides is 6. The number of rotatable bonds is 15. The number of anilines is 1. The fraction of sp³-hybridized carbons (Fsp3) is 0.380. The van der Waals surface area contributed by atoms with E-state index in [0.717, 1.165) is 38.9 Å². The van der Waals surface area contributed by atoms with E-state index in [9.17, 15) is 33.6 Å². The molecular weight excluding hydrogens is 843 g/mol. The summed E-state index contributed by atoms with van der Waals surface area (Å²) in [5, 5.41) is 8.25. The number of nitrogens with one attached hydrogen (secondary N) is 3. The Kier molecular flexibility index (Phi) is 12.3. The lowest BCUT2D eigenvalue weighted by Gasteiger charge is -2.31. The van der Waals surface area contributed by atoms with Crippen LogP contribution in [0.4, 0.5) is 10.5 Å². The van der Waals surface area contributed by atoms with Crippen LogP contribution in [0.15, 0.2) is 89.7 Å². The molecule has 0 bridgehead atoms. The molecule has 3 aliphatic heterocycles. The number of aromatic nitrogens is 2. The minimum atomic E-state index is -0.946. The molecule has 16 nitrogen and oxygen atoms in total. The highest BCUT2D eigenvalue weighted by Gasteiger charge is 2.45. The summed E-state index contributed by atoms with van der Waals surface area (Å²) in [5.74, 6) is -2.35. The number of hydrogen-bond acceptors (Lipinski definition) is 9. The van der Waals surface area contributed by atoms with Gasteiger partial charge in [0.05, 0.1) is 28.9 Å². The van der Waals surface area contributed by atoms with Crippen LogP contribution in [0.5, 0.6) is 0 Å². The highest BCUT2D eigenvalue weighted by molar-refractivity contribution is 6.07. The molecule has 6 amide bonds. The number of ether oxygens (including phenoxy) is 2. The molecule has 0 radical (unpaired) electrons. The van der Waals surface area contributed by atoms with Crippen molar-refractivity contribution in [3.05, 3.63) is 123 Å². The van der Waals surface area contributed by atoms with Crippen LogP contribution in [-0.4, -0.2) is 82.2 Å². The summed E-state index contributed by atoms with van der Waals surface area (Å²) in [5.41, 5.74) is 14.2. The molecule has 1 saturated heterocycles. The van der Waals surface area contributed by atoms with Crippen molar-refractivity contribution in [1.82, 2.24) is 25.1 Å². The Morgan fingerprint density at radius 2 is 1.61 bits per heavy atom. The van der Waals surface area contributed by atoms with E-state index < -0.39 is 60.0 Å². The summed E-state index contributed by atoms with van der Waals surface area (Å²) in [6, 6.07) is 24.2. The molecule has 1 aromatic heterocycles. The lowest BCUT2D eigenvalue weighted by Crippen LogP contribution is -2.56. The van der Waals surface area contributed by atoms with Crippen molar-refractivity contribution >= 4 is 52.3 Å². The first-order valence-electron chi connectivity index (χ1n) is 22.7. The number of hydrogen-bond donors (Lipinski definition) is 4. The second-order valence-corrected chi connectivity index (χ2v) is 17.7. The van der Waals surface area contributed by atoms with Crippen LogP contribution in [0.2, 0.25) is 0 Å². The number of carbonyl (C=O) groups excluding carboxylic acids is 6. The SMILES string of the molecule is C[C@@H](OCCCc1ccc2c(c1)n(C)c(=O)n2C1CCC(=O)NC1=O)[C@H](CCC(N)=O)NC(=O)[C@@H]1Cc2cccc3c2N1C(=O)[C@@H](NC(=O)OCC1c2ccccc2-c2ccccc21)CC3. The molecule has 5 aromatic rings. The van der Waals surface area contributed by atoms with E-state index in [1.165, 1.54) is 14.0 Å². The van der Waals surface area contributed by atoms with Gasteiger partial charge in [-0.2, -0.15) is 0 Å². The quantitative estimate of drug-likeness (QED) is 0.0874. The minimum absolute atomic E-state index is 0.000327. The molecule has 342 valence electrons. The fourth-order valence-corrected chi connectivity index (χ4v) is 10.2. The second-order valence-electron chi connectivity index (χ2n) is 17.7. The van der Waals surface area contributed by atoms with E-state index >= 15 is 0 Å². The standard InChI is InChI=1S/C50H53N7O9/c1-28(65-24-8-9-29-16-20-39-41(25-29)55(2)50(64)56(39)40-21-23-44(59)54-46(40)60)37(19-22-43(51)58)52-47(61)42-26-31-11-7-10-30-17-18-38(48(62)57(42)45(30)31)53-49(63)66-27-36-34-14-5-3-12-32(34)33-13-4-6-15-35(33)36/h3-7,10-16,20,25,28,36-38,40,42H,8-9,17-19,21-24,26-27H2,1-2H3,(H2,51,58)(H,52,61)(H,53,63)(H,54,59,60)/t28-,37+,38+,40?,42+/m1/s1. The van der Waals surface area contributed by atoms with Gasteiger partial charge in [0.15, 0.2) is 0 Å². The van der Waals surface area contributed by atoms with Crippen LogP contribution >= 0.6 is 0 Å². The van der Waals surface area contributed by atoms with Crippen molar-refractivity contribution in [3.63, 3.8) is 0 Å². The molecule has 16 heteroatoms.